The number of nitrogens with zero attached hydrogens (tertiary/aromatic N) is 3. The first-order valence-corrected chi connectivity index (χ1v) is 16.7. The van der Waals surface area contributed by atoms with Crippen molar-refractivity contribution in [3.05, 3.63) is 161 Å². The van der Waals surface area contributed by atoms with E-state index in [1.54, 1.807) is 30.3 Å². The SMILES string of the molecule is [2H]C([2H])([2H])c1c[c-]c(-c2ccc(C(C)(C)C)cn2)cc1.[2H]C([2H])([2H])c1ccc(-c2ccc(-c3cc(-c4[c-]ccc5c4oc4nc(C([2H])([2H])[2H])ccc45)ncc3C([2H])([2H])[2H])c(C([2H])([2H])[2H])c2)c(C([2H])([2H])[2H])c1.[Ir]. The number of furan rings is 1. The number of fused-ring (bicyclic) bond motifs is 3. The van der Waals surface area contributed by atoms with E-state index in [4.69, 9.17) is 29.1 Å². The molecule has 1 radical (unpaired) electrons. The maximum atomic E-state index is 8.41. The Labute approximate surface area is 358 Å². The maximum Gasteiger partial charge on any atom is 0.216 e. The summed E-state index contributed by atoms with van der Waals surface area (Å²) in [5.74, 6) is 0. The third-order valence-electron chi connectivity index (χ3n) is 8.82. The second kappa shape index (κ2) is 15.6. The van der Waals surface area contributed by atoms with Crippen molar-refractivity contribution in [2.24, 2.45) is 0 Å². The van der Waals surface area contributed by atoms with E-state index in [2.05, 4.69) is 47.9 Å². The number of benzene rings is 4. The van der Waals surface area contributed by atoms with Crippen molar-refractivity contribution in [3.63, 3.8) is 0 Å². The van der Waals surface area contributed by atoms with Crippen LogP contribution in [0, 0.1) is 53.2 Å². The van der Waals surface area contributed by atoms with Gasteiger partial charge in [0.1, 0.15) is 0 Å². The number of pyridine rings is 3. The molecule has 0 bridgehead atoms. The van der Waals surface area contributed by atoms with Gasteiger partial charge in [0.25, 0.3) is 0 Å². The number of rotatable bonds is 4. The molecule has 0 spiro atoms. The summed E-state index contributed by atoms with van der Waals surface area (Å²) in [4.78, 5) is 13.0. The van der Waals surface area contributed by atoms with Gasteiger partial charge in [-0.15, -0.1) is 53.6 Å². The Morgan fingerprint density at radius 2 is 1.43 bits per heavy atom. The Kier molecular flexibility index (Phi) is 6.26. The molecule has 4 heterocycles. The first kappa shape index (κ1) is 21.6. The predicted octanol–water partition coefficient (Wildman–Crippen LogP) is 12.9. The smallest absolute Gasteiger partial charge is 0.216 e. The molecular formula is C49H45IrN3O-2. The largest absolute Gasteiger partial charge is 0.486 e. The molecule has 4 aromatic carbocycles. The average molecular weight is 902 g/mol. The van der Waals surface area contributed by atoms with Crippen LogP contribution in [0.15, 0.2) is 114 Å². The molecule has 4 aromatic heterocycles. The summed E-state index contributed by atoms with van der Waals surface area (Å²) >= 11 is 0. The summed E-state index contributed by atoms with van der Waals surface area (Å²) in [6.07, 6.45) is 2.98. The molecule has 5 heteroatoms. The summed E-state index contributed by atoms with van der Waals surface area (Å²) in [6, 6.07) is 30.3. The quantitative estimate of drug-likeness (QED) is 0.165. The molecule has 0 aliphatic carbocycles. The average Bonchev–Trinajstić information content (AvgIpc) is 3.65. The van der Waals surface area contributed by atoms with E-state index < -0.39 is 41.1 Å². The molecule has 0 atom stereocenters. The number of aryl methyl sites for hydroxylation is 6. The van der Waals surface area contributed by atoms with Gasteiger partial charge in [0.2, 0.25) is 5.71 Å². The van der Waals surface area contributed by atoms with E-state index in [1.165, 1.54) is 54.1 Å². The number of aromatic nitrogens is 3. The van der Waals surface area contributed by atoms with Gasteiger partial charge in [0, 0.05) is 68.3 Å². The van der Waals surface area contributed by atoms with Crippen molar-refractivity contribution in [1.29, 1.82) is 0 Å². The van der Waals surface area contributed by atoms with Gasteiger partial charge in [-0.3, -0.25) is 0 Å². The van der Waals surface area contributed by atoms with Crippen LogP contribution in [0.25, 0.3) is 66.8 Å². The molecule has 273 valence electrons. The summed E-state index contributed by atoms with van der Waals surface area (Å²) in [5, 5.41) is 1.09. The van der Waals surface area contributed by atoms with Gasteiger partial charge >= 0.3 is 0 Å². The Balaban J connectivity index is 0.000000338. The minimum Gasteiger partial charge on any atom is -0.486 e. The Morgan fingerprint density at radius 3 is 2.15 bits per heavy atom. The van der Waals surface area contributed by atoms with E-state index >= 15 is 0 Å². The van der Waals surface area contributed by atoms with E-state index in [1.807, 2.05) is 18.3 Å². The van der Waals surface area contributed by atoms with Gasteiger partial charge < -0.3 is 14.4 Å². The van der Waals surface area contributed by atoms with Crippen LogP contribution in [0.2, 0.25) is 0 Å². The van der Waals surface area contributed by atoms with Gasteiger partial charge in [-0.05, 0) is 108 Å². The molecule has 4 nitrogen and oxygen atoms in total. The monoisotopic (exact) mass is 902 g/mol. The van der Waals surface area contributed by atoms with Crippen molar-refractivity contribution >= 4 is 22.1 Å². The van der Waals surface area contributed by atoms with Gasteiger partial charge in [0.05, 0.1) is 5.58 Å². The molecule has 0 unspecified atom stereocenters. The van der Waals surface area contributed by atoms with Crippen LogP contribution in [0.5, 0.6) is 0 Å². The van der Waals surface area contributed by atoms with Crippen molar-refractivity contribution < 1.29 is 49.2 Å². The van der Waals surface area contributed by atoms with E-state index in [-0.39, 0.29) is 98.3 Å². The molecule has 8 aromatic rings. The normalized spacial score (nSPS) is 17.6. The van der Waals surface area contributed by atoms with Crippen molar-refractivity contribution in [1.82, 2.24) is 15.0 Å². The molecule has 0 N–H and O–H groups in total. The van der Waals surface area contributed by atoms with Gasteiger partial charge in [-0.2, -0.15) is 0 Å². The number of hydrogen-bond donors (Lipinski definition) is 0. The molecule has 0 aliphatic rings. The van der Waals surface area contributed by atoms with Gasteiger partial charge in [0.15, 0.2) is 0 Å². The zero-order valence-electron chi connectivity index (χ0n) is 47.5. The van der Waals surface area contributed by atoms with Gasteiger partial charge in [-0.1, -0.05) is 98.7 Å². The molecule has 8 rings (SSSR count). The molecule has 0 aliphatic heterocycles. The first-order valence-electron chi connectivity index (χ1n) is 25.7. The molecule has 0 amide bonds. The van der Waals surface area contributed by atoms with Crippen LogP contribution in [0.4, 0.5) is 0 Å². The van der Waals surface area contributed by atoms with Crippen LogP contribution in [-0.4, -0.2) is 15.0 Å². The third kappa shape index (κ3) is 7.99. The second-order valence-electron chi connectivity index (χ2n) is 13.6. The third-order valence-corrected chi connectivity index (χ3v) is 8.82. The van der Waals surface area contributed by atoms with Crippen LogP contribution < -0.4 is 0 Å². The van der Waals surface area contributed by atoms with E-state index in [0.29, 0.717) is 16.3 Å². The molecule has 0 saturated heterocycles. The Morgan fingerprint density at radius 1 is 0.630 bits per heavy atom. The summed E-state index contributed by atoms with van der Waals surface area (Å²) in [6.45, 7) is -9.04. The zero-order valence-corrected chi connectivity index (χ0v) is 31.9. The summed E-state index contributed by atoms with van der Waals surface area (Å²) in [5.41, 5.74) is 2.99. The molecule has 0 saturated carbocycles. The van der Waals surface area contributed by atoms with Crippen LogP contribution in [0.3, 0.4) is 0 Å². The minimum atomic E-state index is -2.82. The van der Waals surface area contributed by atoms with Crippen LogP contribution in [0.1, 0.15) is 84.5 Å². The zero-order chi connectivity index (χ0) is 52.4. The fourth-order valence-electron chi connectivity index (χ4n) is 5.95. The first-order chi connectivity index (χ1) is 32.6. The van der Waals surface area contributed by atoms with Crippen LogP contribution in [-0.2, 0) is 25.5 Å². The van der Waals surface area contributed by atoms with Crippen molar-refractivity contribution in [2.45, 2.75) is 67.3 Å². The Hall–Kier alpha value is -5.22. The van der Waals surface area contributed by atoms with E-state index in [0.717, 1.165) is 23.5 Å². The van der Waals surface area contributed by atoms with Crippen molar-refractivity contribution in [2.75, 3.05) is 0 Å². The predicted molar refractivity (Wildman–Crippen MR) is 220 cm³/mol. The van der Waals surface area contributed by atoms with Crippen molar-refractivity contribution in [3.8, 4) is 44.8 Å². The molecule has 0 fully saturated rings. The Bertz CT molecular complexity index is 3190. The fraction of sp³-hybridized carbons (Fsp3) is 0.204. The van der Waals surface area contributed by atoms with Gasteiger partial charge in [-0.25, -0.2) is 4.98 Å². The summed E-state index contributed by atoms with van der Waals surface area (Å²) < 4.78 is 149. The molecule has 54 heavy (non-hydrogen) atoms. The topological polar surface area (TPSA) is 51.8 Å². The maximum absolute atomic E-state index is 8.41. The second-order valence-corrected chi connectivity index (χ2v) is 13.6. The fourth-order valence-corrected chi connectivity index (χ4v) is 5.95. The molecular weight excluding hydrogens is 839 g/mol. The number of hydrogen-bond acceptors (Lipinski definition) is 4. The van der Waals surface area contributed by atoms with Crippen LogP contribution >= 0.6 is 0 Å². The summed E-state index contributed by atoms with van der Waals surface area (Å²) in [7, 11) is 0. The standard InChI is InChI=1S/C33H27N2O.C16H18N.Ir/c1-19-9-12-25(20(2)15-19)24-11-14-26(21(3)16-24)30-17-31(34-18-22(30)4)29-8-6-7-27-28-13-10-23(5)35-33(28)36-32(27)29;1-12-5-7-13(8-6-12)15-10-9-14(11-17-15)16(2,3)4;/h6-7,9-18H,1-5H3;5-7,9-11H,1-4H3;/q2*-1;/i1D3,2D3,3D3,4D3,5D3;1D3;. The van der Waals surface area contributed by atoms with E-state index in [9.17, 15) is 0 Å². The minimum absolute atomic E-state index is 0.